The van der Waals surface area contributed by atoms with Crippen molar-refractivity contribution in [3.05, 3.63) is 24.2 Å². The summed E-state index contributed by atoms with van der Waals surface area (Å²) in [5.74, 6) is 0. The van der Waals surface area contributed by atoms with Crippen LogP contribution >= 0.6 is 0 Å². The molecule has 0 unspecified atom stereocenters. The Kier molecular flexibility index (Phi) is 1.33. The first-order valence-corrected chi connectivity index (χ1v) is 3.20. The van der Waals surface area contributed by atoms with Gasteiger partial charge in [-0.2, -0.15) is 0 Å². The SMILES string of the molecule is OCc1cc2cnoc2cn1. The molecule has 0 saturated carbocycles. The van der Waals surface area contributed by atoms with Crippen LogP contribution in [0, 0.1) is 0 Å². The van der Waals surface area contributed by atoms with Gasteiger partial charge >= 0.3 is 0 Å². The van der Waals surface area contributed by atoms with Crippen molar-refractivity contribution in [2.45, 2.75) is 6.61 Å². The van der Waals surface area contributed by atoms with Gasteiger partial charge in [0.05, 0.1) is 24.7 Å². The van der Waals surface area contributed by atoms with Crippen LogP contribution in [0.15, 0.2) is 23.0 Å². The molecular formula is C7H6N2O2. The minimum Gasteiger partial charge on any atom is -0.390 e. The molecule has 0 aliphatic carbocycles. The van der Waals surface area contributed by atoms with Crippen LogP contribution in [0.25, 0.3) is 11.0 Å². The smallest absolute Gasteiger partial charge is 0.185 e. The van der Waals surface area contributed by atoms with Gasteiger partial charge in [-0.25, -0.2) is 0 Å². The Bertz CT molecular complexity index is 369. The van der Waals surface area contributed by atoms with Crippen molar-refractivity contribution in [1.29, 1.82) is 0 Å². The number of aromatic nitrogens is 2. The summed E-state index contributed by atoms with van der Waals surface area (Å²) in [6, 6.07) is 1.74. The highest BCUT2D eigenvalue weighted by Crippen LogP contribution is 2.12. The molecule has 1 N–H and O–H groups in total. The van der Waals surface area contributed by atoms with Gasteiger partial charge in [0.15, 0.2) is 5.58 Å². The van der Waals surface area contributed by atoms with Crippen molar-refractivity contribution in [2.24, 2.45) is 0 Å². The van der Waals surface area contributed by atoms with Crippen LogP contribution in [0.5, 0.6) is 0 Å². The van der Waals surface area contributed by atoms with Gasteiger partial charge in [0.25, 0.3) is 0 Å². The number of pyridine rings is 1. The predicted octanol–water partition coefficient (Wildman–Crippen LogP) is 0.715. The molecule has 0 spiro atoms. The highest BCUT2D eigenvalue weighted by atomic mass is 16.5. The zero-order chi connectivity index (χ0) is 7.68. The summed E-state index contributed by atoms with van der Waals surface area (Å²) in [7, 11) is 0. The number of hydrogen-bond donors (Lipinski definition) is 1. The van der Waals surface area contributed by atoms with Gasteiger partial charge in [-0.1, -0.05) is 5.16 Å². The third-order valence-electron chi connectivity index (χ3n) is 1.46. The molecule has 0 amide bonds. The predicted molar refractivity (Wildman–Crippen MR) is 37.7 cm³/mol. The zero-order valence-corrected chi connectivity index (χ0v) is 5.69. The monoisotopic (exact) mass is 150 g/mol. The molecule has 2 aromatic heterocycles. The fourth-order valence-corrected chi connectivity index (χ4v) is 0.908. The van der Waals surface area contributed by atoms with Crippen LogP contribution in [-0.2, 0) is 6.61 Å². The lowest BCUT2D eigenvalue weighted by atomic mass is 10.3. The summed E-state index contributed by atoms with van der Waals surface area (Å²) < 4.78 is 4.82. The van der Waals surface area contributed by atoms with Gasteiger partial charge in [-0.3, -0.25) is 4.98 Å². The average Bonchev–Trinajstić information content (AvgIpc) is 2.50. The molecular weight excluding hydrogens is 144 g/mol. The highest BCUT2D eigenvalue weighted by molar-refractivity contribution is 5.74. The molecule has 4 heteroatoms. The lowest BCUT2D eigenvalue weighted by Crippen LogP contribution is -1.85. The molecule has 0 aliphatic rings. The van der Waals surface area contributed by atoms with E-state index in [0.717, 1.165) is 5.39 Å². The minimum absolute atomic E-state index is 0.0544. The third-order valence-corrected chi connectivity index (χ3v) is 1.46. The Morgan fingerprint density at radius 3 is 3.18 bits per heavy atom. The summed E-state index contributed by atoms with van der Waals surface area (Å²) in [6.45, 7) is -0.0544. The van der Waals surface area contributed by atoms with Crippen molar-refractivity contribution in [1.82, 2.24) is 10.1 Å². The first kappa shape index (κ1) is 6.30. The minimum atomic E-state index is -0.0544. The summed E-state index contributed by atoms with van der Waals surface area (Å²) in [6.07, 6.45) is 3.14. The van der Waals surface area contributed by atoms with Gasteiger partial charge in [-0.15, -0.1) is 0 Å². The Morgan fingerprint density at radius 1 is 1.45 bits per heavy atom. The van der Waals surface area contributed by atoms with E-state index < -0.39 is 0 Å². The Labute approximate surface area is 62.5 Å². The van der Waals surface area contributed by atoms with E-state index in [0.29, 0.717) is 11.3 Å². The van der Waals surface area contributed by atoms with Gasteiger partial charge in [0.1, 0.15) is 0 Å². The van der Waals surface area contributed by atoms with Gasteiger partial charge in [0, 0.05) is 5.39 Å². The van der Waals surface area contributed by atoms with E-state index in [1.807, 2.05) is 0 Å². The van der Waals surface area contributed by atoms with Crippen molar-refractivity contribution >= 4 is 11.0 Å². The van der Waals surface area contributed by atoms with Gasteiger partial charge < -0.3 is 9.63 Å². The van der Waals surface area contributed by atoms with Crippen LogP contribution in [0.3, 0.4) is 0 Å². The third kappa shape index (κ3) is 0.969. The normalized spacial score (nSPS) is 10.6. The van der Waals surface area contributed by atoms with Crippen LogP contribution in [-0.4, -0.2) is 15.2 Å². The first-order valence-electron chi connectivity index (χ1n) is 3.20. The molecule has 0 bridgehead atoms. The number of rotatable bonds is 1. The quantitative estimate of drug-likeness (QED) is 0.650. The summed E-state index contributed by atoms with van der Waals surface area (Å²) in [5.41, 5.74) is 1.27. The van der Waals surface area contributed by atoms with Crippen LogP contribution < -0.4 is 0 Å². The molecule has 0 aliphatic heterocycles. The molecule has 0 atom stereocenters. The van der Waals surface area contributed by atoms with Crippen LogP contribution in [0.2, 0.25) is 0 Å². The maximum Gasteiger partial charge on any atom is 0.185 e. The molecule has 56 valence electrons. The maximum absolute atomic E-state index is 8.72. The highest BCUT2D eigenvalue weighted by Gasteiger charge is 1.99. The summed E-state index contributed by atoms with van der Waals surface area (Å²) in [4.78, 5) is 3.91. The van der Waals surface area contributed by atoms with Gasteiger partial charge in [0.2, 0.25) is 0 Å². The van der Waals surface area contributed by atoms with Crippen LogP contribution in [0.1, 0.15) is 5.69 Å². The summed E-state index contributed by atoms with van der Waals surface area (Å²) >= 11 is 0. The van der Waals surface area contributed by atoms with Crippen molar-refractivity contribution in [2.75, 3.05) is 0 Å². The molecule has 2 rings (SSSR count). The van der Waals surface area contributed by atoms with E-state index in [1.54, 1.807) is 18.5 Å². The van der Waals surface area contributed by atoms with Gasteiger partial charge in [-0.05, 0) is 6.07 Å². The largest absolute Gasteiger partial charge is 0.390 e. The van der Waals surface area contributed by atoms with E-state index in [9.17, 15) is 0 Å². The number of fused-ring (bicyclic) bond motifs is 1. The Morgan fingerprint density at radius 2 is 2.36 bits per heavy atom. The fraction of sp³-hybridized carbons (Fsp3) is 0.143. The molecule has 2 aromatic rings. The average molecular weight is 150 g/mol. The molecule has 2 heterocycles. The fourth-order valence-electron chi connectivity index (χ4n) is 0.908. The number of nitrogens with zero attached hydrogens (tertiary/aromatic N) is 2. The number of hydrogen-bond acceptors (Lipinski definition) is 4. The van der Waals surface area contributed by atoms with Crippen molar-refractivity contribution < 1.29 is 9.63 Å². The second-order valence-electron chi connectivity index (χ2n) is 2.20. The van der Waals surface area contributed by atoms with E-state index in [1.165, 1.54) is 0 Å². The maximum atomic E-state index is 8.72. The topological polar surface area (TPSA) is 59.2 Å². The molecule has 0 radical (unpaired) electrons. The zero-order valence-electron chi connectivity index (χ0n) is 5.69. The molecule has 0 saturated heterocycles. The van der Waals surface area contributed by atoms with Crippen molar-refractivity contribution in [3.8, 4) is 0 Å². The van der Waals surface area contributed by atoms with E-state index in [2.05, 4.69) is 10.1 Å². The first-order chi connectivity index (χ1) is 5.40. The molecule has 11 heavy (non-hydrogen) atoms. The number of aliphatic hydroxyl groups is 1. The Hall–Kier alpha value is -1.42. The second-order valence-corrected chi connectivity index (χ2v) is 2.20. The van der Waals surface area contributed by atoms with Crippen LogP contribution in [0.4, 0.5) is 0 Å². The Balaban J connectivity index is 2.67. The molecule has 4 nitrogen and oxygen atoms in total. The lowest BCUT2D eigenvalue weighted by molar-refractivity contribution is 0.277. The lowest BCUT2D eigenvalue weighted by Gasteiger charge is -1.91. The molecule has 0 fully saturated rings. The second kappa shape index (κ2) is 2.32. The van der Waals surface area contributed by atoms with E-state index in [-0.39, 0.29) is 6.61 Å². The summed E-state index contributed by atoms with van der Waals surface area (Å²) in [5, 5.41) is 13.2. The molecule has 0 aromatic carbocycles. The number of aliphatic hydroxyl groups excluding tert-OH is 1. The van der Waals surface area contributed by atoms with E-state index >= 15 is 0 Å². The van der Waals surface area contributed by atoms with E-state index in [4.69, 9.17) is 9.63 Å². The van der Waals surface area contributed by atoms with Crippen molar-refractivity contribution in [3.63, 3.8) is 0 Å². The standard InChI is InChI=1S/C7H6N2O2/c10-4-6-1-5-2-9-11-7(5)3-8-6/h1-3,10H,4H2.